The van der Waals surface area contributed by atoms with Crippen LogP contribution >= 0.6 is 0 Å². The molecule has 5 nitrogen and oxygen atoms in total. The largest absolute Gasteiger partial charge is 0.366 e. The Morgan fingerprint density at radius 1 is 1.40 bits per heavy atom. The van der Waals surface area contributed by atoms with Crippen LogP contribution in [0.25, 0.3) is 0 Å². The number of anilines is 1. The third-order valence-electron chi connectivity index (χ3n) is 1.81. The molecule has 0 aliphatic rings. The van der Waals surface area contributed by atoms with Crippen LogP contribution in [-0.4, -0.2) is 20.6 Å². The number of amides is 1. The maximum Gasteiger partial charge on any atom is 0.251 e. The van der Waals surface area contributed by atoms with Crippen LogP contribution in [0.1, 0.15) is 15.9 Å². The molecule has 15 heavy (non-hydrogen) atoms. The van der Waals surface area contributed by atoms with Crippen LogP contribution in [0, 0.1) is 6.92 Å². The third kappa shape index (κ3) is 2.95. The Morgan fingerprint density at radius 2 is 2.00 bits per heavy atom. The van der Waals surface area contributed by atoms with Gasteiger partial charge in [-0.05, 0) is 18.6 Å². The van der Waals surface area contributed by atoms with Gasteiger partial charge < -0.3 is 5.73 Å². The standard InChI is InChI=1S/C9H12N2O3S/c1-6-4-3-5-7(8(6)9(10)12)11-15(2,13)14/h3-5,11H,1-2H3,(H2,10,12). The molecule has 1 rings (SSSR count). The lowest BCUT2D eigenvalue weighted by Crippen LogP contribution is -2.18. The first-order chi connectivity index (χ1) is 6.81. The molecule has 0 saturated heterocycles. The summed E-state index contributed by atoms with van der Waals surface area (Å²) in [5, 5.41) is 0. The van der Waals surface area contributed by atoms with Gasteiger partial charge in [0.15, 0.2) is 0 Å². The van der Waals surface area contributed by atoms with E-state index in [4.69, 9.17) is 5.73 Å². The minimum atomic E-state index is -3.41. The van der Waals surface area contributed by atoms with Crippen LogP contribution in [0.5, 0.6) is 0 Å². The molecule has 0 spiro atoms. The highest BCUT2D eigenvalue weighted by atomic mass is 32.2. The molecule has 0 heterocycles. The van der Waals surface area contributed by atoms with Crippen molar-refractivity contribution in [3.05, 3.63) is 29.3 Å². The molecule has 6 heteroatoms. The second-order valence-electron chi connectivity index (χ2n) is 3.24. The number of aryl methyl sites for hydroxylation is 1. The van der Waals surface area contributed by atoms with Crippen molar-refractivity contribution in [1.82, 2.24) is 0 Å². The Kier molecular flexibility index (Phi) is 2.99. The van der Waals surface area contributed by atoms with Gasteiger partial charge in [0.25, 0.3) is 5.91 Å². The van der Waals surface area contributed by atoms with Crippen molar-refractivity contribution < 1.29 is 13.2 Å². The molecule has 0 saturated carbocycles. The first-order valence-electron chi connectivity index (χ1n) is 4.18. The maximum atomic E-state index is 11.1. The Hall–Kier alpha value is -1.56. The van der Waals surface area contributed by atoms with E-state index in [1.807, 2.05) is 0 Å². The second-order valence-corrected chi connectivity index (χ2v) is 4.98. The fourth-order valence-corrected chi connectivity index (χ4v) is 1.85. The van der Waals surface area contributed by atoms with Crippen molar-refractivity contribution in [3.8, 4) is 0 Å². The molecule has 0 unspecified atom stereocenters. The predicted molar refractivity (Wildman–Crippen MR) is 58.2 cm³/mol. The molecule has 1 aromatic carbocycles. The van der Waals surface area contributed by atoms with E-state index in [1.54, 1.807) is 19.1 Å². The van der Waals surface area contributed by atoms with Crippen LogP contribution in [-0.2, 0) is 10.0 Å². The molecule has 0 radical (unpaired) electrons. The number of primary amides is 1. The number of carbonyl (C=O) groups excluding carboxylic acids is 1. The summed E-state index contributed by atoms with van der Waals surface area (Å²) in [6.07, 6.45) is 1.01. The van der Waals surface area contributed by atoms with E-state index in [-0.39, 0.29) is 11.3 Å². The van der Waals surface area contributed by atoms with Crippen LogP contribution in [0.2, 0.25) is 0 Å². The average molecular weight is 228 g/mol. The van der Waals surface area contributed by atoms with E-state index in [9.17, 15) is 13.2 Å². The van der Waals surface area contributed by atoms with Crippen molar-refractivity contribution in [1.29, 1.82) is 0 Å². The molecule has 0 aromatic heterocycles. The first-order valence-corrected chi connectivity index (χ1v) is 6.07. The summed E-state index contributed by atoms with van der Waals surface area (Å²) >= 11 is 0. The fraction of sp³-hybridized carbons (Fsp3) is 0.222. The van der Waals surface area contributed by atoms with Gasteiger partial charge in [0.1, 0.15) is 0 Å². The van der Waals surface area contributed by atoms with Crippen molar-refractivity contribution in [2.75, 3.05) is 11.0 Å². The summed E-state index contributed by atoms with van der Waals surface area (Å²) in [5.74, 6) is -0.653. The summed E-state index contributed by atoms with van der Waals surface area (Å²) in [6.45, 7) is 1.69. The highest BCUT2D eigenvalue weighted by Crippen LogP contribution is 2.19. The first kappa shape index (κ1) is 11.5. The van der Waals surface area contributed by atoms with Gasteiger partial charge >= 0.3 is 0 Å². The van der Waals surface area contributed by atoms with E-state index >= 15 is 0 Å². The van der Waals surface area contributed by atoms with Crippen LogP contribution in [0.15, 0.2) is 18.2 Å². The monoisotopic (exact) mass is 228 g/mol. The number of hydrogen-bond donors (Lipinski definition) is 2. The predicted octanol–water partition coefficient (Wildman–Crippen LogP) is 0.465. The fourth-order valence-electron chi connectivity index (χ4n) is 1.28. The Morgan fingerprint density at radius 3 is 2.47 bits per heavy atom. The lowest BCUT2D eigenvalue weighted by Gasteiger charge is -2.10. The van der Waals surface area contributed by atoms with E-state index < -0.39 is 15.9 Å². The summed E-state index contributed by atoms with van der Waals surface area (Å²) in [7, 11) is -3.41. The van der Waals surface area contributed by atoms with E-state index in [1.165, 1.54) is 6.07 Å². The highest BCUT2D eigenvalue weighted by Gasteiger charge is 2.13. The second kappa shape index (κ2) is 3.90. The van der Waals surface area contributed by atoms with Crippen molar-refractivity contribution >= 4 is 21.6 Å². The third-order valence-corrected chi connectivity index (χ3v) is 2.41. The molecular weight excluding hydrogens is 216 g/mol. The minimum Gasteiger partial charge on any atom is -0.366 e. The van der Waals surface area contributed by atoms with Crippen molar-refractivity contribution in [3.63, 3.8) is 0 Å². The number of carbonyl (C=O) groups is 1. The normalized spacial score (nSPS) is 11.1. The smallest absolute Gasteiger partial charge is 0.251 e. The highest BCUT2D eigenvalue weighted by molar-refractivity contribution is 7.92. The van der Waals surface area contributed by atoms with Gasteiger partial charge in [0.2, 0.25) is 10.0 Å². The SMILES string of the molecule is Cc1cccc(NS(C)(=O)=O)c1C(N)=O. The molecule has 1 amide bonds. The average Bonchev–Trinajstić information content (AvgIpc) is 1.99. The Labute approximate surface area is 88.3 Å². The summed E-state index contributed by atoms with van der Waals surface area (Å²) < 4.78 is 24.3. The molecule has 1 aromatic rings. The summed E-state index contributed by atoms with van der Waals surface area (Å²) in [6, 6.07) is 4.83. The van der Waals surface area contributed by atoms with Gasteiger partial charge in [-0.1, -0.05) is 12.1 Å². The number of hydrogen-bond acceptors (Lipinski definition) is 3. The van der Waals surface area contributed by atoms with Crippen LogP contribution < -0.4 is 10.5 Å². The number of sulfonamides is 1. The Bertz CT molecular complexity index is 494. The number of rotatable bonds is 3. The van der Waals surface area contributed by atoms with E-state index in [2.05, 4.69) is 4.72 Å². The molecule has 0 bridgehead atoms. The Balaban J connectivity index is 3.30. The summed E-state index contributed by atoms with van der Waals surface area (Å²) in [4.78, 5) is 11.1. The van der Waals surface area contributed by atoms with Gasteiger partial charge in [0, 0.05) is 0 Å². The zero-order valence-electron chi connectivity index (χ0n) is 8.44. The molecule has 0 aliphatic heterocycles. The van der Waals surface area contributed by atoms with Crippen molar-refractivity contribution in [2.45, 2.75) is 6.92 Å². The molecule has 0 aliphatic carbocycles. The number of nitrogens with one attached hydrogen (secondary N) is 1. The van der Waals surface area contributed by atoms with Crippen LogP contribution in [0.3, 0.4) is 0 Å². The maximum absolute atomic E-state index is 11.1. The van der Waals surface area contributed by atoms with Gasteiger partial charge in [-0.25, -0.2) is 8.42 Å². The van der Waals surface area contributed by atoms with Gasteiger partial charge in [0.05, 0.1) is 17.5 Å². The molecule has 82 valence electrons. The van der Waals surface area contributed by atoms with E-state index in [0.29, 0.717) is 5.56 Å². The number of nitrogens with two attached hydrogens (primary N) is 1. The molecule has 3 N–H and O–H groups in total. The number of benzene rings is 1. The molecule has 0 atom stereocenters. The summed E-state index contributed by atoms with van der Waals surface area (Å²) in [5.41, 5.74) is 6.21. The topological polar surface area (TPSA) is 89.3 Å². The molecular formula is C9H12N2O3S. The lowest BCUT2D eigenvalue weighted by atomic mass is 10.1. The van der Waals surface area contributed by atoms with Gasteiger partial charge in [-0.2, -0.15) is 0 Å². The van der Waals surface area contributed by atoms with Gasteiger partial charge in [-0.15, -0.1) is 0 Å². The zero-order chi connectivity index (χ0) is 11.6. The van der Waals surface area contributed by atoms with Gasteiger partial charge in [-0.3, -0.25) is 9.52 Å². The zero-order valence-corrected chi connectivity index (χ0v) is 9.26. The lowest BCUT2D eigenvalue weighted by molar-refractivity contribution is 0.100. The van der Waals surface area contributed by atoms with E-state index in [0.717, 1.165) is 6.26 Å². The van der Waals surface area contributed by atoms with Crippen LogP contribution in [0.4, 0.5) is 5.69 Å². The molecule has 0 fully saturated rings. The minimum absolute atomic E-state index is 0.197. The quantitative estimate of drug-likeness (QED) is 0.787. The van der Waals surface area contributed by atoms with Crippen molar-refractivity contribution in [2.24, 2.45) is 5.73 Å².